The van der Waals surface area contributed by atoms with E-state index in [9.17, 15) is 5.11 Å². The lowest BCUT2D eigenvalue weighted by molar-refractivity contribution is -0.231. The van der Waals surface area contributed by atoms with Crippen LogP contribution in [0.3, 0.4) is 0 Å². The first kappa shape index (κ1) is 32.6. The zero-order valence-electron chi connectivity index (χ0n) is 25.8. The molecule has 5 atom stereocenters. The van der Waals surface area contributed by atoms with Gasteiger partial charge in [0.2, 0.25) is 1.43 Å². The Bertz CT molecular complexity index is 582. The van der Waals surface area contributed by atoms with Gasteiger partial charge in [0.25, 0.3) is 0 Å². The van der Waals surface area contributed by atoms with Gasteiger partial charge in [0.1, 0.15) is 37.3 Å². The summed E-state index contributed by atoms with van der Waals surface area (Å²) in [6.07, 6.45) is -2.05. The normalized spacial score (nSPS) is 26.3. The number of rotatable bonds is 20. The molecule has 36 heavy (non-hydrogen) atoms. The van der Waals surface area contributed by atoms with Crippen molar-refractivity contribution < 1.29 is 33.0 Å². The lowest BCUT2D eigenvalue weighted by Crippen LogP contribution is -2.67. The van der Waals surface area contributed by atoms with Gasteiger partial charge in [0, 0.05) is 0 Å². The minimum absolute atomic E-state index is 0.144. The van der Waals surface area contributed by atoms with Crippen LogP contribution in [0.5, 0.6) is 0 Å². The Labute approximate surface area is 226 Å². The van der Waals surface area contributed by atoms with Gasteiger partial charge in [-0.1, -0.05) is 62.3 Å². The second-order valence-corrected chi connectivity index (χ2v) is 24.5. The zero-order chi connectivity index (χ0) is 28.1. The predicted molar refractivity (Wildman–Crippen MR) is 155 cm³/mol. The van der Waals surface area contributed by atoms with E-state index in [1.165, 1.54) is 0 Å². The van der Waals surface area contributed by atoms with E-state index in [0.717, 1.165) is 54.4 Å². The average molecular weight is 569 g/mol. The number of hydrogen-bond donors (Lipinski definition) is 2. The molecule has 1 fully saturated rings. The van der Waals surface area contributed by atoms with Gasteiger partial charge in [-0.2, -0.15) is 0 Å². The molecular formula is C26H58O7Si3. The van der Waals surface area contributed by atoms with Gasteiger partial charge in [0.15, 0.2) is 25.0 Å². The van der Waals surface area contributed by atoms with Gasteiger partial charge in [-0.25, -0.2) is 0 Å². The van der Waals surface area contributed by atoms with Gasteiger partial charge < -0.3 is 33.0 Å². The Morgan fingerprint density at radius 1 is 0.611 bits per heavy atom. The molecule has 0 aromatic carbocycles. The van der Waals surface area contributed by atoms with Crippen molar-refractivity contribution in [2.45, 2.75) is 147 Å². The summed E-state index contributed by atoms with van der Waals surface area (Å²) in [6.45, 7) is 20.0. The lowest BCUT2D eigenvalue weighted by Gasteiger charge is -2.53. The highest BCUT2D eigenvalue weighted by Gasteiger charge is 2.54. The molecule has 7 nitrogen and oxygen atoms in total. The van der Waals surface area contributed by atoms with Crippen LogP contribution in [-0.4, -0.2) is 87.1 Å². The second kappa shape index (κ2) is 16.5. The van der Waals surface area contributed by atoms with Gasteiger partial charge in [-0.05, 0) is 54.4 Å². The minimum atomic E-state index is -2.07. The fourth-order valence-electron chi connectivity index (χ4n) is 5.72. The maximum Gasteiger partial charge on any atom is 0.213 e. The molecule has 1 rings (SSSR count). The highest BCUT2D eigenvalue weighted by atomic mass is 28.4. The Hall–Kier alpha value is 0.371. The zero-order valence-corrected chi connectivity index (χ0v) is 27.8. The third-order valence-corrected chi connectivity index (χ3v) is 23.1. The van der Waals surface area contributed by atoms with Crippen LogP contribution in [0, 0.1) is 0 Å². The summed E-state index contributed by atoms with van der Waals surface area (Å²) in [5.74, 6) is 0. The number of aliphatic hydroxyl groups is 2. The van der Waals surface area contributed by atoms with Crippen molar-refractivity contribution >= 4 is 25.0 Å². The van der Waals surface area contributed by atoms with Crippen LogP contribution in [-0.2, 0) is 22.8 Å². The minimum Gasteiger partial charge on any atom is -0.409 e. The molecule has 0 spiro atoms. The van der Waals surface area contributed by atoms with Crippen LogP contribution < -0.4 is 0 Å². The van der Waals surface area contributed by atoms with Crippen molar-refractivity contribution in [3.05, 3.63) is 0 Å². The summed E-state index contributed by atoms with van der Waals surface area (Å²) in [5, 5.41) is 15.0. The SMILES string of the molecule is [3H]OCOC[C@H]1O[C@@H](CO)[C@H](O[Si](CC)(CC)CC)[C@@H](O[Si](CC)(CC)CC)[C@@H]1O[Si](CC)(CC)CC. The van der Waals surface area contributed by atoms with E-state index in [4.69, 9.17) is 24.2 Å². The number of hydrogen-bond acceptors (Lipinski definition) is 7. The maximum absolute atomic E-state index is 10.5. The molecule has 2 N–H and O–H groups in total. The van der Waals surface area contributed by atoms with Gasteiger partial charge >= 0.3 is 0 Å². The van der Waals surface area contributed by atoms with Crippen molar-refractivity contribution in [1.82, 2.24) is 0 Å². The average Bonchev–Trinajstić information content (AvgIpc) is 2.95. The molecule has 0 amide bonds. The molecule has 1 saturated heterocycles. The number of aliphatic hydroxyl groups excluding tert-OH is 2. The first-order valence-electron chi connectivity index (χ1n) is 15.1. The summed E-state index contributed by atoms with van der Waals surface area (Å²) >= 11 is 0. The molecule has 0 aromatic heterocycles. The molecule has 0 radical (unpaired) electrons. The first-order valence-corrected chi connectivity index (χ1v) is 22.3. The van der Waals surface area contributed by atoms with E-state index in [1.54, 1.807) is 0 Å². The van der Waals surface area contributed by atoms with Crippen LogP contribution >= 0.6 is 0 Å². The van der Waals surface area contributed by atoms with Crippen molar-refractivity contribution in [1.29, 1.82) is 1.43 Å². The molecule has 216 valence electrons. The quantitative estimate of drug-likeness (QED) is 0.108. The topological polar surface area (TPSA) is 86.6 Å². The van der Waals surface area contributed by atoms with Gasteiger partial charge in [0.05, 0.1) is 13.2 Å². The molecule has 0 unspecified atom stereocenters. The standard InChI is InChI=1S/C26H58O7Si3/c1-10-34(11-2,12-3)31-24-22(19-27)30-23(20-29-21-28)25(32-35(13-4,14-5)15-6)26(24)33-36(16-7,17-8)18-9/h22-28H,10-21H2,1-9H3/t22-,23+,24-,25+,26+/m0/s1/i28T. The molecule has 1 aliphatic rings. The van der Waals surface area contributed by atoms with Crippen LogP contribution in [0.25, 0.3) is 0 Å². The molecule has 10 heteroatoms. The smallest absolute Gasteiger partial charge is 0.213 e. The van der Waals surface area contributed by atoms with Crippen LogP contribution in [0.4, 0.5) is 0 Å². The fourth-order valence-corrected chi connectivity index (χ4v) is 14.3. The van der Waals surface area contributed by atoms with E-state index in [0.29, 0.717) is 0 Å². The van der Waals surface area contributed by atoms with Crippen LogP contribution in [0.1, 0.15) is 62.3 Å². The van der Waals surface area contributed by atoms with Crippen LogP contribution in [0.15, 0.2) is 0 Å². The molecule has 1 heterocycles. The third-order valence-electron chi connectivity index (χ3n) is 9.23. The summed E-state index contributed by atoms with van der Waals surface area (Å²) < 4.78 is 40.9. The third kappa shape index (κ3) is 8.19. The van der Waals surface area contributed by atoms with E-state index in [1.807, 2.05) is 0 Å². The monoisotopic (exact) mass is 568 g/mol. The Balaban J connectivity index is 3.70. The number of ether oxygens (including phenoxy) is 2. The molecule has 0 bridgehead atoms. The van der Waals surface area contributed by atoms with E-state index < -0.39 is 37.2 Å². The van der Waals surface area contributed by atoms with E-state index in [-0.39, 0.29) is 38.3 Å². The van der Waals surface area contributed by atoms with E-state index in [2.05, 4.69) is 67.4 Å². The summed E-state index contributed by atoms with van der Waals surface area (Å²) in [4.78, 5) is 0. The van der Waals surface area contributed by atoms with Crippen molar-refractivity contribution in [2.75, 3.05) is 20.0 Å². The Morgan fingerprint density at radius 2 is 0.972 bits per heavy atom. The Morgan fingerprint density at radius 3 is 1.31 bits per heavy atom. The highest BCUT2D eigenvalue weighted by Crippen LogP contribution is 2.39. The van der Waals surface area contributed by atoms with Crippen LogP contribution in [0.2, 0.25) is 54.4 Å². The summed E-state index contributed by atoms with van der Waals surface area (Å²) in [7, 11) is -6.19. The van der Waals surface area contributed by atoms with Crippen molar-refractivity contribution in [3.63, 3.8) is 0 Å². The largest absolute Gasteiger partial charge is 0.409 e. The van der Waals surface area contributed by atoms with Crippen molar-refractivity contribution in [2.24, 2.45) is 0 Å². The maximum atomic E-state index is 10.5. The van der Waals surface area contributed by atoms with Gasteiger partial charge in [-0.15, -0.1) is 0 Å². The lowest BCUT2D eigenvalue weighted by atomic mass is 9.95. The first-order chi connectivity index (χ1) is 17.7. The predicted octanol–water partition coefficient (Wildman–Crippen LogP) is 5.88. The highest BCUT2D eigenvalue weighted by molar-refractivity contribution is 6.74. The van der Waals surface area contributed by atoms with Crippen molar-refractivity contribution in [3.8, 4) is 0 Å². The fraction of sp³-hybridized carbons (Fsp3) is 1.00. The second-order valence-electron chi connectivity index (χ2n) is 10.4. The molecular weight excluding hydrogens is 509 g/mol. The molecule has 0 aliphatic carbocycles. The summed E-state index contributed by atoms with van der Waals surface area (Å²) in [5.41, 5.74) is 0. The van der Waals surface area contributed by atoms with Gasteiger partial charge in [-0.3, -0.25) is 0 Å². The van der Waals surface area contributed by atoms with E-state index >= 15 is 0 Å². The Kier molecular flexibility index (Phi) is 14.9. The molecule has 1 aliphatic heterocycles. The molecule has 0 saturated carbocycles. The summed E-state index contributed by atoms with van der Waals surface area (Å²) in [6, 6.07) is 9.12. The molecule has 0 aromatic rings.